The first-order valence-corrected chi connectivity index (χ1v) is 10.1. The SMILES string of the molecule is COc1cc2c(cc1OC)C(=O)/C(=C/c1cc[n+](Cc3cccc(Br)c3)cc1)C2.[Br-]. The van der Waals surface area contributed by atoms with Crippen LogP contribution in [0.25, 0.3) is 6.08 Å². The number of carbonyl (C=O) groups is 1. The van der Waals surface area contributed by atoms with Crippen molar-refractivity contribution in [3.05, 3.63) is 93.2 Å². The van der Waals surface area contributed by atoms with Crippen molar-refractivity contribution in [2.24, 2.45) is 0 Å². The summed E-state index contributed by atoms with van der Waals surface area (Å²) >= 11 is 3.51. The van der Waals surface area contributed by atoms with E-state index in [9.17, 15) is 4.79 Å². The third kappa shape index (κ3) is 4.65. The van der Waals surface area contributed by atoms with E-state index < -0.39 is 0 Å². The molecule has 0 unspecified atom stereocenters. The van der Waals surface area contributed by atoms with Gasteiger partial charge >= 0.3 is 0 Å². The third-order valence-corrected chi connectivity index (χ3v) is 5.53. The number of nitrogens with zero attached hydrogens (tertiary/aromatic N) is 1. The predicted octanol–water partition coefficient (Wildman–Crippen LogP) is 1.63. The fourth-order valence-electron chi connectivity index (χ4n) is 3.57. The Kier molecular flexibility index (Phi) is 7.10. The molecule has 0 saturated heterocycles. The van der Waals surface area contributed by atoms with Crippen LogP contribution in [-0.4, -0.2) is 20.0 Å². The number of hydrogen-bond donors (Lipinski definition) is 0. The van der Waals surface area contributed by atoms with Crippen molar-refractivity contribution >= 4 is 27.8 Å². The maximum absolute atomic E-state index is 12.8. The van der Waals surface area contributed by atoms with E-state index in [-0.39, 0.29) is 22.8 Å². The number of aromatic nitrogens is 1. The van der Waals surface area contributed by atoms with Gasteiger partial charge in [0.05, 0.1) is 14.2 Å². The average molecular weight is 531 g/mol. The van der Waals surface area contributed by atoms with Gasteiger partial charge in [0.2, 0.25) is 0 Å². The molecule has 3 aromatic rings. The van der Waals surface area contributed by atoms with Crippen LogP contribution in [0.2, 0.25) is 0 Å². The molecular weight excluding hydrogens is 510 g/mol. The number of halogens is 2. The largest absolute Gasteiger partial charge is 1.00 e. The lowest BCUT2D eigenvalue weighted by atomic mass is 10.1. The Bertz CT molecular complexity index is 1110. The van der Waals surface area contributed by atoms with Gasteiger partial charge in [0.15, 0.2) is 36.2 Å². The summed E-state index contributed by atoms with van der Waals surface area (Å²) in [6.45, 7) is 0.792. The molecule has 0 aliphatic heterocycles. The molecule has 0 bridgehead atoms. The molecule has 0 amide bonds. The van der Waals surface area contributed by atoms with Gasteiger partial charge in [-0.25, -0.2) is 4.57 Å². The topological polar surface area (TPSA) is 39.4 Å². The Balaban J connectivity index is 0.00000256. The zero-order valence-electron chi connectivity index (χ0n) is 16.7. The molecule has 0 N–H and O–H groups in total. The molecule has 0 fully saturated rings. The van der Waals surface area contributed by atoms with E-state index in [2.05, 4.69) is 32.6 Å². The highest BCUT2D eigenvalue weighted by Crippen LogP contribution is 2.36. The highest BCUT2D eigenvalue weighted by Gasteiger charge is 2.27. The fraction of sp³-hybridized carbons (Fsp3) is 0.167. The summed E-state index contributed by atoms with van der Waals surface area (Å²) in [6.07, 6.45) is 6.63. The smallest absolute Gasteiger partial charge is 0.189 e. The highest BCUT2D eigenvalue weighted by molar-refractivity contribution is 9.10. The van der Waals surface area contributed by atoms with Crippen molar-refractivity contribution in [2.75, 3.05) is 14.2 Å². The number of ketones is 1. The number of benzene rings is 2. The third-order valence-electron chi connectivity index (χ3n) is 5.04. The second-order valence-electron chi connectivity index (χ2n) is 6.97. The second-order valence-corrected chi connectivity index (χ2v) is 7.89. The van der Waals surface area contributed by atoms with Gasteiger partial charge in [0.1, 0.15) is 0 Å². The average Bonchev–Trinajstić information content (AvgIpc) is 3.03. The standard InChI is InChI=1S/C24H21BrNO3.BrH/c1-28-22-13-18-12-19(24(27)21(18)14-23(22)29-2)10-16-6-8-26(9-7-16)15-17-4-3-5-20(25)11-17;/h3-11,13-14H,12,15H2,1-2H3;1H/q+1;/p-1/b19-10+;. The van der Waals surface area contributed by atoms with Crippen LogP contribution in [0.5, 0.6) is 11.5 Å². The molecule has 6 heteroatoms. The van der Waals surface area contributed by atoms with Gasteiger partial charge < -0.3 is 26.5 Å². The van der Waals surface area contributed by atoms with Crippen LogP contribution in [0.4, 0.5) is 0 Å². The van der Waals surface area contributed by atoms with Gasteiger partial charge in [-0.3, -0.25) is 4.79 Å². The molecule has 0 atom stereocenters. The molecule has 0 radical (unpaired) electrons. The van der Waals surface area contributed by atoms with E-state index in [0.29, 0.717) is 23.5 Å². The molecule has 4 nitrogen and oxygen atoms in total. The Hall–Kier alpha value is -2.44. The zero-order chi connectivity index (χ0) is 20.4. The van der Waals surface area contributed by atoms with Crippen molar-refractivity contribution < 1.29 is 35.8 Å². The zero-order valence-corrected chi connectivity index (χ0v) is 19.9. The number of pyridine rings is 1. The minimum Gasteiger partial charge on any atom is -1.00 e. The van der Waals surface area contributed by atoms with Crippen molar-refractivity contribution in [2.45, 2.75) is 13.0 Å². The number of fused-ring (bicyclic) bond motifs is 1. The lowest BCUT2D eigenvalue weighted by molar-refractivity contribution is -0.688. The molecular formula is C24H21Br2NO3. The second kappa shape index (κ2) is 9.58. The Morgan fingerprint density at radius 3 is 2.40 bits per heavy atom. The molecule has 4 rings (SSSR count). The molecule has 1 aromatic heterocycles. The molecule has 1 aliphatic rings. The summed E-state index contributed by atoms with van der Waals surface area (Å²) in [7, 11) is 3.18. The summed E-state index contributed by atoms with van der Waals surface area (Å²) in [5.41, 5.74) is 4.67. The van der Waals surface area contributed by atoms with Gasteiger partial charge in [-0.15, -0.1) is 0 Å². The highest BCUT2D eigenvalue weighted by atomic mass is 79.9. The van der Waals surface area contributed by atoms with Gasteiger partial charge in [-0.2, -0.15) is 0 Å². The summed E-state index contributed by atoms with van der Waals surface area (Å²) in [5, 5.41) is 0. The van der Waals surface area contributed by atoms with E-state index in [0.717, 1.165) is 27.7 Å². The van der Waals surface area contributed by atoms with Crippen LogP contribution in [-0.2, 0) is 13.0 Å². The van der Waals surface area contributed by atoms with Crippen LogP contribution in [0.1, 0.15) is 27.0 Å². The molecule has 2 aromatic carbocycles. The monoisotopic (exact) mass is 529 g/mol. The normalized spacial score (nSPS) is 13.7. The molecule has 0 saturated carbocycles. The van der Waals surface area contributed by atoms with Crippen LogP contribution in [0.15, 0.2) is 71.0 Å². The Labute approximate surface area is 195 Å². The number of methoxy groups -OCH3 is 2. The number of hydrogen-bond acceptors (Lipinski definition) is 3. The summed E-state index contributed by atoms with van der Waals surface area (Å²) < 4.78 is 13.9. The number of Topliss-reactive ketones (excluding diaryl/α,β-unsaturated/α-hetero) is 1. The molecule has 1 heterocycles. The minimum absolute atomic E-state index is 0. The van der Waals surface area contributed by atoms with Crippen LogP contribution < -0.4 is 31.0 Å². The Morgan fingerprint density at radius 1 is 1.03 bits per heavy atom. The van der Waals surface area contributed by atoms with Gasteiger partial charge in [0, 0.05) is 39.7 Å². The maximum atomic E-state index is 12.8. The first kappa shape index (κ1) is 22.2. The number of carbonyl (C=O) groups excluding carboxylic acids is 1. The number of rotatable bonds is 5. The van der Waals surface area contributed by atoms with Gasteiger partial charge in [-0.1, -0.05) is 28.1 Å². The molecule has 154 valence electrons. The Morgan fingerprint density at radius 2 is 1.73 bits per heavy atom. The predicted molar refractivity (Wildman–Crippen MR) is 115 cm³/mol. The van der Waals surface area contributed by atoms with Crippen LogP contribution in [0.3, 0.4) is 0 Å². The van der Waals surface area contributed by atoms with Crippen molar-refractivity contribution in [3.8, 4) is 11.5 Å². The van der Waals surface area contributed by atoms with E-state index in [4.69, 9.17) is 9.47 Å². The van der Waals surface area contributed by atoms with E-state index in [1.54, 1.807) is 20.3 Å². The maximum Gasteiger partial charge on any atom is 0.189 e. The summed E-state index contributed by atoms with van der Waals surface area (Å²) in [4.78, 5) is 12.8. The first-order chi connectivity index (χ1) is 14.1. The first-order valence-electron chi connectivity index (χ1n) is 9.31. The van der Waals surface area contributed by atoms with Gasteiger partial charge in [0.25, 0.3) is 0 Å². The summed E-state index contributed by atoms with van der Waals surface area (Å²) in [6, 6.07) is 16.0. The van der Waals surface area contributed by atoms with Crippen LogP contribution in [0, 0.1) is 0 Å². The quantitative estimate of drug-likeness (QED) is 0.372. The van der Waals surface area contributed by atoms with E-state index >= 15 is 0 Å². The van der Waals surface area contributed by atoms with Crippen LogP contribution >= 0.6 is 15.9 Å². The number of ether oxygens (including phenoxy) is 2. The molecule has 0 spiro atoms. The fourth-order valence-corrected chi connectivity index (χ4v) is 4.02. The van der Waals surface area contributed by atoms with E-state index in [1.165, 1.54) is 5.56 Å². The molecule has 30 heavy (non-hydrogen) atoms. The molecule has 1 aliphatic carbocycles. The summed E-state index contributed by atoms with van der Waals surface area (Å²) in [5.74, 6) is 1.27. The minimum atomic E-state index is 0. The van der Waals surface area contributed by atoms with Crippen molar-refractivity contribution in [1.29, 1.82) is 0 Å². The van der Waals surface area contributed by atoms with Gasteiger partial charge in [-0.05, 0) is 41.5 Å². The lowest BCUT2D eigenvalue weighted by Gasteiger charge is -2.08. The van der Waals surface area contributed by atoms with Crippen molar-refractivity contribution in [3.63, 3.8) is 0 Å². The van der Waals surface area contributed by atoms with Crippen molar-refractivity contribution in [1.82, 2.24) is 0 Å². The number of allylic oxidation sites excluding steroid dienone is 1. The lowest BCUT2D eigenvalue weighted by Crippen LogP contribution is -3.00. The van der Waals surface area contributed by atoms with E-state index in [1.807, 2.05) is 48.8 Å².